The Morgan fingerprint density at radius 1 is 1.00 bits per heavy atom. The lowest BCUT2D eigenvalue weighted by Gasteiger charge is -2.26. The van der Waals surface area contributed by atoms with Crippen LogP contribution in [0.4, 0.5) is 4.79 Å². The summed E-state index contributed by atoms with van der Waals surface area (Å²) < 4.78 is 5.08. The van der Waals surface area contributed by atoms with Crippen LogP contribution in [-0.2, 0) is 10.2 Å². The van der Waals surface area contributed by atoms with Gasteiger partial charge in [-0.1, -0.05) is 44.7 Å². The molecule has 0 aliphatic rings. The Kier molecular flexibility index (Phi) is 5.27. The van der Waals surface area contributed by atoms with Crippen molar-refractivity contribution in [1.82, 2.24) is 5.32 Å². The van der Waals surface area contributed by atoms with Crippen molar-refractivity contribution in [3.8, 4) is 11.5 Å². The molecule has 2 amide bonds. The standard InChI is InChI=1S/C20H21NO4/c1-13(2)18(23)21-19(24)25-17-11-7-15(8-12-17)20(3,4)14-5-9-16(22)10-6-14/h5-12,22H,1H2,2-4H3,(H,21,23,24). The largest absolute Gasteiger partial charge is 0.508 e. The second-order valence-electron chi connectivity index (χ2n) is 6.32. The number of benzene rings is 2. The van der Waals surface area contributed by atoms with E-state index in [9.17, 15) is 14.7 Å². The minimum absolute atomic E-state index is 0.221. The molecule has 0 aliphatic carbocycles. The van der Waals surface area contributed by atoms with Gasteiger partial charge in [0.25, 0.3) is 5.91 Å². The van der Waals surface area contributed by atoms with E-state index in [1.807, 2.05) is 24.3 Å². The molecule has 0 spiro atoms. The normalized spacial score (nSPS) is 10.8. The Morgan fingerprint density at radius 2 is 1.48 bits per heavy atom. The molecule has 0 aliphatic heterocycles. The number of phenols is 1. The maximum absolute atomic E-state index is 11.6. The number of carbonyl (C=O) groups is 2. The minimum Gasteiger partial charge on any atom is -0.508 e. The van der Waals surface area contributed by atoms with Crippen molar-refractivity contribution in [3.05, 3.63) is 71.8 Å². The van der Waals surface area contributed by atoms with E-state index in [4.69, 9.17) is 4.74 Å². The van der Waals surface area contributed by atoms with Gasteiger partial charge in [0.05, 0.1) is 0 Å². The number of aromatic hydroxyl groups is 1. The Labute approximate surface area is 146 Å². The number of hydrogen-bond donors (Lipinski definition) is 2. The van der Waals surface area contributed by atoms with Crippen LogP contribution in [0.2, 0.25) is 0 Å². The molecule has 0 bridgehead atoms. The molecule has 0 aromatic heterocycles. The summed E-state index contributed by atoms with van der Waals surface area (Å²) in [6.45, 7) is 9.08. The molecule has 0 heterocycles. The van der Waals surface area contributed by atoms with E-state index in [0.717, 1.165) is 11.1 Å². The SMILES string of the molecule is C=C(C)C(=O)NC(=O)Oc1ccc(C(C)(C)c2ccc(O)cc2)cc1. The molecule has 5 nitrogen and oxygen atoms in total. The Morgan fingerprint density at radius 3 is 1.96 bits per heavy atom. The average Bonchev–Trinajstić information content (AvgIpc) is 2.55. The highest BCUT2D eigenvalue weighted by atomic mass is 16.6. The summed E-state index contributed by atoms with van der Waals surface area (Å²) in [5.74, 6) is -0.0222. The molecular formula is C20H21NO4. The summed E-state index contributed by atoms with van der Waals surface area (Å²) in [5.41, 5.74) is 2.00. The molecule has 25 heavy (non-hydrogen) atoms. The molecule has 0 saturated carbocycles. The summed E-state index contributed by atoms with van der Waals surface area (Å²) in [6, 6.07) is 14.1. The number of amides is 2. The third kappa shape index (κ3) is 4.47. The lowest BCUT2D eigenvalue weighted by Crippen LogP contribution is -2.33. The van der Waals surface area contributed by atoms with E-state index >= 15 is 0 Å². The maximum atomic E-state index is 11.6. The molecule has 0 radical (unpaired) electrons. The number of nitrogens with one attached hydrogen (secondary N) is 1. The quantitative estimate of drug-likeness (QED) is 0.828. The first-order valence-corrected chi connectivity index (χ1v) is 7.79. The molecule has 0 atom stereocenters. The molecule has 2 aromatic carbocycles. The van der Waals surface area contributed by atoms with Crippen LogP contribution in [0.25, 0.3) is 0 Å². The van der Waals surface area contributed by atoms with Gasteiger partial charge in [0.2, 0.25) is 0 Å². The fourth-order valence-corrected chi connectivity index (χ4v) is 2.32. The summed E-state index contributed by atoms with van der Waals surface area (Å²) in [4.78, 5) is 23.0. The van der Waals surface area contributed by atoms with Gasteiger partial charge in [-0.2, -0.15) is 0 Å². The lowest BCUT2D eigenvalue weighted by molar-refractivity contribution is -0.116. The van der Waals surface area contributed by atoms with E-state index < -0.39 is 12.0 Å². The summed E-state index contributed by atoms with van der Waals surface area (Å²) in [6.07, 6.45) is -0.849. The van der Waals surface area contributed by atoms with Gasteiger partial charge in [-0.05, 0) is 42.3 Å². The highest BCUT2D eigenvalue weighted by Crippen LogP contribution is 2.33. The Hall–Kier alpha value is -3.08. The Balaban J connectivity index is 2.11. The van der Waals surface area contributed by atoms with E-state index in [1.54, 1.807) is 24.3 Å². The third-order valence-electron chi connectivity index (χ3n) is 3.98. The van der Waals surface area contributed by atoms with Crippen molar-refractivity contribution in [2.75, 3.05) is 0 Å². The summed E-state index contributed by atoms with van der Waals surface area (Å²) in [7, 11) is 0. The molecule has 2 N–H and O–H groups in total. The second kappa shape index (κ2) is 7.21. The zero-order valence-corrected chi connectivity index (χ0v) is 14.5. The first-order valence-electron chi connectivity index (χ1n) is 7.79. The van der Waals surface area contributed by atoms with Crippen molar-refractivity contribution in [3.63, 3.8) is 0 Å². The van der Waals surface area contributed by atoms with Crippen LogP contribution in [0, 0.1) is 0 Å². The van der Waals surface area contributed by atoms with Crippen LogP contribution in [-0.4, -0.2) is 17.1 Å². The van der Waals surface area contributed by atoms with Crippen LogP contribution in [0.5, 0.6) is 11.5 Å². The third-order valence-corrected chi connectivity index (χ3v) is 3.98. The van der Waals surface area contributed by atoms with E-state index in [2.05, 4.69) is 25.7 Å². The highest BCUT2D eigenvalue weighted by Gasteiger charge is 2.23. The summed E-state index contributed by atoms with van der Waals surface area (Å²) >= 11 is 0. The topological polar surface area (TPSA) is 75.6 Å². The number of imide groups is 1. The number of rotatable bonds is 4. The van der Waals surface area contributed by atoms with Crippen LogP contribution in [0.3, 0.4) is 0 Å². The Bertz CT molecular complexity index is 789. The lowest BCUT2D eigenvalue weighted by atomic mass is 9.78. The van der Waals surface area contributed by atoms with Crippen molar-refractivity contribution in [1.29, 1.82) is 0 Å². The number of carbonyl (C=O) groups excluding carboxylic acids is 2. The van der Waals surface area contributed by atoms with Gasteiger partial charge < -0.3 is 9.84 Å². The van der Waals surface area contributed by atoms with Crippen LogP contribution in [0.1, 0.15) is 31.9 Å². The first-order chi connectivity index (χ1) is 11.7. The van der Waals surface area contributed by atoms with Gasteiger partial charge in [-0.3, -0.25) is 10.1 Å². The monoisotopic (exact) mass is 339 g/mol. The number of phenolic OH excluding ortho intramolecular Hbond substituents is 1. The van der Waals surface area contributed by atoms with Gasteiger partial charge in [0, 0.05) is 11.0 Å². The van der Waals surface area contributed by atoms with Gasteiger partial charge in [0.15, 0.2) is 0 Å². The molecule has 130 valence electrons. The van der Waals surface area contributed by atoms with Gasteiger partial charge in [0.1, 0.15) is 11.5 Å². The van der Waals surface area contributed by atoms with E-state index in [-0.39, 0.29) is 16.7 Å². The van der Waals surface area contributed by atoms with Crippen molar-refractivity contribution in [2.24, 2.45) is 0 Å². The van der Waals surface area contributed by atoms with Crippen molar-refractivity contribution >= 4 is 12.0 Å². The van der Waals surface area contributed by atoms with Crippen LogP contribution >= 0.6 is 0 Å². The van der Waals surface area contributed by atoms with Crippen LogP contribution < -0.4 is 10.1 Å². The zero-order valence-electron chi connectivity index (χ0n) is 14.5. The molecule has 5 heteroatoms. The highest BCUT2D eigenvalue weighted by molar-refractivity contribution is 6.01. The summed E-state index contributed by atoms with van der Waals surface area (Å²) in [5, 5.41) is 11.5. The van der Waals surface area contributed by atoms with Gasteiger partial charge in [-0.15, -0.1) is 0 Å². The molecular weight excluding hydrogens is 318 g/mol. The number of hydrogen-bond acceptors (Lipinski definition) is 4. The minimum atomic E-state index is -0.849. The smallest absolute Gasteiger partial charge is 0.419 e. The van der Waals surface area contributed by atoms with E-state index in [1.165, 1.54) is 6.92 Å². The van der Waals surface area contributed by atoms with Gasteiger partial charge >= 0.3 is 6.09 Å². The molecule has 2 rings (SSSR count). The molecule has 0 saturated heterocycles. The molecule has 2 aromatic rings. The maximum Gasteiger partial charge on any atom is 0.419 e. The van der Waals surface area contributed by atoms with Crippen molar-refractivity contribution in [2.45, 2.75) is 26.2 Å². The fraction of sp³-hybridized carbons (Fsp3) is 0.200. The predicted molar refractivity (Wildman–Crippen MR) is 95.7 cm³/mol. The van der Waals surface area contributed by atoms with Crippen molar-refractivity contribution < 1.29 is 19.4 Å². The predicted octanol–water partition coefficient (Wildman–Crippen LogP) is 3.91. The van der Waals surface area contributed by atoms with Gasteiger partial charge in [-0.25, -0.2) is 4.79 Å². The fourth-order valence-electron chi connectivity index (χ4n) is 2.32. The van der Waals surface area contributed by atoms with E-state index in [0.29, 0.717) is 5.75 Å². The second-order valence-corrected chi connectivity index (χ2v) is 6.32. The zero-order chi connectivity index (χ0) is 18.6. The first kappa shape index (κ1) is 18.3. The molecule has 0 fully saturated rings. The average molecular weight is 339 g/mol. The van der Waals surface area contributed by atoms with Crippen LogP contribution in [0.15, 0.2) is 60.7 Å². The number of ether oxygens (including phenoxy) is 1. The molecule has 0 unspecified atom stereocenters.